The topological polar surface area (TPSA) is 93.2 Å². The second-order valence-electron chi connectivity index (χ2n) is 5.44. The molecule has 0 saturated heterocycles. The number of hydrogen-bond acceptors (Lipinski definition) is 6. The molecule has 0 aliphatic rings. The van der Waals surface area contributed by atoms with E-state index in [1.165, 1.54) is 11.8 Å². The van der Waals surface area contributed by atoms with Gasteiger partial charge in [-0.2, -0.15) is 0 Å². The quantitative estimate of drug-likeness (QED) is 0.738. The lowest BCUT2D eigenvalue weighted by Crippen LogP contribution is -2.18. The molecule has 7 nitrogen and oxygen atoms in total. The van der Waals surface area contributed by atoms with Crippen LogP contribution in [0.25, 0.3) is 0 Å². The van der Waals surface area contributed by atoms with Gasteiger partial charge in [-0.1, -0.05) is 37.7 Å². The zero-order valence-corrected chi connectivity index (χ0v) is 15.1. The number of hydrogen-bond donors (Lipinski definition) is 2. The van der Waals surface area contributed by atoms with Crippen LogP contribution >= 0.6 is 11.8 Å². The van der Waals surface area contributed by atoms with Crippen molar-refractivity contribution < 1.29 is 14.3 Å². The fourth-order valence-electron chi connectivity index (χ4n) is 1.81. The Hall–Kier alpha value is -2.61. The minimum Gasteiger partial charge on any atom is -0.495 e. The molecular formula is C17H20N4O3S. The molecule has 1 heterocycles. The first-order valence-electron chi connectivity index (χ1n) is 7.70. The smallest absolute Gasteiger partial charge is 0.234 e. The number of methoxy groups -OCH3 is 1. The number of benzene rings is 1. The fraction of sp³-hybridized carbons (Fsp3) is 0.294. The van der Waals surface area contributed by atoms with Gasteiger partial charge in [0, 0.05) is 5.92 Å². The SMILES string of the molecule is COc1ccccc1NC(=O)CSc1ccc(NC(=O)C(C)C)nn1. The van der Waals surface area contributed by atoms with Crippen LogP contribution < -0.4 is 15.4 Å². The third-order valence-electron chi connectivity index (χ3n) is 3.15. The lowest BCUT2D eigenvalue weighted by Gasteiger charge is -2.09. The molecule has 2 rings (SSSR count). The van der Waals surface area contributed by atoms with Gasteiger partial charge in [0.15, 0.2) is 5.82 Å². The van der Waals surface area contributed by atoms with Gasteiger partial charge in [0.05, 0.1) is 18.6 Å². The van der Waals surface area contributed by atoms with E-state index in [1.807, 2.05) is 12.1 Å². The van der Waals surface area contributed by atoms with Crippen molar-refractivity contribution in [3.05, 3.63) is 36.4 Å². The highest BCUT2D eigenvalue weighted by molar-refractivity contribution is 7.99. The molecule has 8 heteroatoms. The van der Waals surface area contributed by atoms with Gasteiger partial charge in [-0.3, -0.25) is 9.59 Å². The molecule has 0 radical (unpaired) electrons. The molecule has 0 aliphatic carbocycles. The number of carbonyl (C=O) groups is 2. The van der Waals surface area contributed by atoms with E-state index in [0.29, 0.717) is 22.3 Å². The first-order valence-corrected chi connectivity index (χ1v) is 8.68. The number of aromatic nitrogens is 2. The number of thioether (sulfide) groups is 1. The minimum atomic E-state index is -0.173. The number of ether oxygens (including phenoxy) is 1. The van der Waals surface area contributed by atoms with Crippen molar-refractivity contribution in [3.8, 4) is 5.75 Å². The van der Waals surface area contributed by atoms with Crippen molar-refractivity contribution in [2.75, 3.05) is 23.5 Å². The fourth-order valence-corrected chi connectivity index (χ4v) is 2.42. The summed E-state index contributed by atoms with van der Waals surface area (Å²) in [5.74, 6) is 0.756. The van der Waals surface area contributed by atoms with Crippen molar-refractivity contribution in [2.45, 2.75) is 18.9 Å². The van der Waals surface area contributed by atoms with Gasteiger partial charge in [-0.05, 0) is 24.3 Å². The maximum atomic E-state index is 12.0. The molecule has 0 unspecified atom stereocenters. The van der Waals surface area contributed by atoms with E-state index >= 15 is 0 Å². The lowest BCUT2D eigenvalue weighted by atomic mass is 10.2. The summed E-state index contributed by atoms with van der Waals surface area (Å²) in [7, 11) is 1.55. The normalized spacial score (nSPS) is 10.4. The van der Waals surface area contributed by atoms with Crippen LogP contribution in [-0.2, 0) is 9.59 Å². The largest absolute Gasteiger partial charge is 0.495 e. The summed E-state index contributed by atoms with van der Waals surface area (Å²) in [5, 5.41) is 14.0. The number of amides is 2. The van der Waals surface area contributed by atoms with Gasteiger partial charge in [-0.25, -0.2) is 0 Å². The van der Waals surface area contributed by atoms with Crippen molar-refractivity contribution in [2.24, 2.45) is 5.92 Å². The molecule has 132 valence electrons. The van der Waals surface area contributed by atoms with Crippen LogP contribution in [0.15, 0.2) is 41.4 Å². The predicted octanol–water partition coefficient (Wildman–Crippen LogP) is 2.81. The Balaban J connectivity index is 1.86. The van der Waals surface area contributed by atoms with E-state index in [9.17, 15) is 9.59 Å². The van der Waals surface area contributed by atoms with Gasteiger partial charge < -0.3 is 15.4 Å². The molecule has 0 bridgehead atoms. The predicted molar refractivity (Wildman–Crippen MR) is 97.8 cm³/mol. The van der Waals surface area contributed by atoms with Crippen molar-refractivity contribution in [1.82, 2.24) is 10.2 Å². The minimum absolute atomic E-state index is 0.120. The average Bonchev–Trinajstić information content (AvgIpc) is 2.61. The van der Waals surface area contributed by atoms with Gasteiger partial charge >= 0.3 is 0 Å². The molecular weight excluding hydrogens is 340 g/mol. The first kappa shape index (κ1) is 18.7. The van der Waals surface area contributed by atoms with Crippen LogP contribution in [0, 0.1) is 5.92 Å². The molecule has 0 aliphatic heterocycles. The summed E-state index contributed by atoms with van der Waals surface area (Å²) in [4.78, 5) is 23.6. The highest BCUT2D eigenvalue weighted by Gasteiger charge is 2.10. The molecule has 0 fully saturated rings. The molecule has 1 aromatic carbocycles. The number of nitrogens with zero attached hydrogens (tertiary/aromatic N) is 2. The van der Waals surface area contributed by atoms with Crippen LogP contribution in [0.2, 0.25) is 0 Å². The summed E-state index contributed by atoms with van der Waals surface area (Å²) in [5.41, 5.74) is 0.619. The second kappa shape index (κ2) is 9.03. The van der Waals surface area contributed by atoms with E-state index in [-0.39, 0.29) is 23.5 Å². The molecule has 0 spiro atoms. The Morgan fingerprint density at radius 2 is 1.88 bits per heavy atom. The second-order valence-corrected chi connectivity index (χ2v) is 6.43. The van der Waals surface area contributed by atoms with Crippen molar-refractivity contribution >= 4 is 35.1 Å². The van der Waals surface area contributed by atoms with E-state index in [0.717, 1.165) is 0 Å². The highest BCUT2D eigenvalue weighted by Crippen LogP contribution is 2.23. The molecule has 1 aromatic heterocycles. The third-order valence-corrected chi connectivity index (χ3v) is 4.07. The van der Waals surface area contributed by atoms with E-state index in [1.54, 1.807) is 45.2 Å². The lowest BCUT2D eigenvalue weighted by molar-refractivity contribution is -0.119. The van der Waals surface area contributed by atoms with E-state index in [4.69, 9.17) is 4.74 Å². The Bertz CT molecular complexity index is 735. The van der Waals surface area contributed by atoms with Crippen molar-refractivity contribution in [3.63, 3.8) is 0 Å². The monoisotopic (exact) mass is 360 g/mol. The van der Waals surface area contributed by atoms with E-state index < -0.39 is 0 Å². The summed E-state index contributed by atoms with van der Waals surface area (Å²) in [6.45, 7) is 3.60. The molecule has 2 N–H and O–H groups in total. The molecule has 0 atom stereocenters. The van der Waals surface area contributed by atoms with Gasteiger partial charge in [0.25, 0.3) is 0 Å². The number of nitrogens with one attached hydrogen (secondary N) is 2. The Kier molecular flexibility index (Phi) is 6.76. The van der Waals surface area contributed by atoms with Crippen LogP contribution in [-0.4, -0.2) is 34.9 Å². The van der Waals surface area contributed by atoms with Gasteiger partial charge in [0.1, 0.15) is 10.8 Å². The zero-order chi connectivity index (χ0) is 18.2. The molecule has 2 amide bonds. The summed E-state index contributed by atoms with van der Waals surface area (Å²) < 4.78 is 5.19. The molecule has 2 aromatic rings. The maximum absolute atomic E-state index is 12.0. The summed E-state index contributed by atoms with van der Waals surface area (Å²) in [6, 6.07) is 10.6. The Morgan fingerprint density at radius 1 is 1.12 bits per heavy atom. The first-order chi connectivity index (χ1) is 12.0. The number of rotatable bonds is 7. The van der Waals surface area contributed by atoms with Crippen LogP contribution in [0.1, 0.15) is 13.8 Å². The van der Waals surface area contributed by atoms with Crippen molar-refractivity contribution in [1.29, 1.82) is 0 Å². The molecule has 0 saturated carbocycles. The maximum Gasteiger partial charge on any atom is 0.234 e. The summed E-state index contributed by atoms with van der Waals surface area (Å²) >= 11 is 1.26. The van der Waals surface area contributed by atoms with E-state index in [2.05, 4.69) is 20.8 Å². The Morgan fingerprint density at radius 3 is 2.52 bits per heavy atom. The van der Waals surface area contributed by atoms with Gasteiger partial charge in [0.2, 0.25) is 11.8 Å². The third kappa shape index (κ3) is 5.75. The van der Waals surface area contributed by atoms with Crippen LogP contribution in [0.3, 0.4) is 0 Å². The van der Waals surface area contributed by atoms with Crippen LogP contribution in [0.4, 0.5) is 11.5 Å². The summed E-state index contributed by atoms with van der Waals surface area (Å²) in [6.07, 6.45) is 0. The standard InChI is InChI=1S/C17H20N4O3S/c1-11(2)17(23)19-14-8-9-16(21-20-14)25-10-15(22)18-12-6-4-5-7-13(12)24-3/h4-9,11H,10H2,1-3H3,(H,18,22)(H,19,20,23). The number of carbonyl (C=O) groups excluding carboxylic acids is 2. The molecule has 25 heavy (non-hydrogen) atoms. The zero-order valence-electron chi connectivity index (χ0n) is 14.3. The Labute approximate surface area is 150 Å². The number of anilines is 2. The number of para-hydroxylation sites is 2. The van der Waals surface area contributed by atoms with Gasteiger partial charge in [-0.15, -0.1) is 10.2 Å². The average molecular weight is 360 g/mol. The highest BCUT2D eigenvalue weighted by atomic mass is 32.2. The van der Waals surface area contributed by atoms with Crippen LogP contribution in [0.5, 0.6) is 5.75 Å².